The van der Waals surface area contributed by atoms with Crippen molar-refractivity contribution in [3.8, 4) is 0 Å². The molecule has 0 aliphatic carbocycles. The van der Waals surface area contributed by atoms with E-state index < -0.39 is 5.91 Å². The molecule has 120 valence electrons. The molecule has 0 radical (unpaired) electrons. The summed E-state index contributed by atoms with van der Waals surface area (Å²) in [6.45, 7) is 0.143. The third-order valence-corrected chi connectivity index (χ3v) is 3.25. The fourth-order valence-corrected chi connectivity index (χ4v) is 2.06. The van der Waals surface area contributed by atoms with E-state index in [-0.39, 0.29) is 23.6 Å². The van der Waals surface area contributed by atoms with Crippen molar-refractivity contribution in [1.29, 1.82) is 0 Å². The van der Waals surface area contributed by atoms with Gasteiger partial charge in [-0.1, -0.05) is 18.2 Å². The summed E-state index contributed by atoms with van der Waals surface area (Å²) >= 11 is 0. The zero-order chi connectivity index (χ0) is 16.9. The van der Waals surface area contributed by atoms with Crippen LogP contribution in [0.2, 0.25) is 0 Å². The lowest BCUT2D eigenvalue weighted by Crippen LogP contribution is -2.26. The van der Waals surface area contributed by atoms with Crippen LogP contribution in [0.3, 0.4) is 0 Å². The number of nitrogens with zero attached hydrogens (tertiary/aromatic N) is 3. The average molecular weight is 324 g/mol. The van der Waals surface area contributed by atoms with Crippen LogP contribution in [0.25, 0.3) is 0 Å². The molecule has 0 saturated carbocycles. The molecular formula is C17H13FN4O2. The predicted octanol–water partition coefficient (Wildman–Crippen LogP) is 2.08. The number of carbonyl (C=O) groups is 1. The van der Waals surface area contributed by atoms with E-state index in [4.69, 9.17) is 0 Å². The second-order valence-electron chi connectivity index (χ2n) is 5.01. The van der Waals surface area contributed by atoms with Crippen molar-refractivity contribution in [2.75, 3.05) is 5.32 Å². The summed E-state index contributed by atoms with van der Waals surface area (Å²) in [6, 6.07) is 13.5. The lowest BCUT2D eigenvalue weighted by molar-refractivity contribution is 0.101. The van der Waals surface area contributed by atoms with Crippen LogP contribution in [0.15, 0.2) is 65.6 Å². The minimum Gasteiger partial charge on any atom is -0.305 e. The molecule has 0 spiro atoms. The van der Waals surface area contributed by atoms with Crippen molar-refractivity contribution in [3.05, 3.63) is 88.2 Å². The number of benzene rings is 1. The second kappa shape index (κ2) is 6.82. The van der Waals surface area contributed by atoms with E-state index in [1.165, 1.54) is 24.3 Å². The fourth-order valence-electron chi connectivity index (χ4n) is 2.06. The van der Waals surface area contributed by atoms with Crippen LogP contribution < -0.4 is 10.9 Å². The lowest BCUT2D eigenvalue weighted by Gasteiger charge is -2.07. The normalized spacial score (nSPS) is 10.4. The highest BCUT2D eigenvalue weighted by Crippen LogP contribution is 2.05. The van der Waals surface area contributed by atoms with E-state index in [0.29, 0.717) is 11.4 Å². The highest BCUT2D eigenvalue weighted by Gasteiger charge is 2.11. The molecule has 0 bridgehead atoms. The van der Waals surface area contributed by atoms with E-state index in [0.717, 1.165) is 4.68 Å². The first-order valence-electron chi connectivity index (χ1n) is 7.17. The molecule has 1 aromatic carbocycles. The molecular weight excluding hydrogens is 311 g/mol. The Hall–Kier alpha value is -3.35. The smallest absolute Gasteiger partial charge is 0.277 e. The minimum atomic E-state index is -0.471. The highest BCUT2D eigenvalue weighted by molar-refractivity contribution is 6.02. The zero-order valence-corrected chi connectivity index (χ0v) is 12.5. The number of aromatic nitrogens is 3. The molecule has 0 saturated heterocycles. The van der Waals surface area contributed by atoms with Crippen molar-refractivity contribution in [2.45, 2.75) is 6.54 Å². The minimum absolute atomic E-state index is 0.0855. The first-order chi connectivity index (χ1) is 11.6. The summed E-state index contributed by atoms with van der Waals surface area (Å²) < 4.78 is 14.1. The van der Waals surface area contributed by atoms with E-state index in [1.807, 2.05) is 0 Å². The van der Waals surface area contributed by atoms with Crippen LogP contribution >= 0.6 is 0 Å². The molecule has 0 aliphatic heterocycles. The van der Waals surface area contributed by atoms with Gasteiger partial charge in [0.25, 0.3) is 11.5 Å². The molecule has 0 atom stereocenters. The number of rotatable bonds is 4. The molecule has 1 amide bonds. The van der Waals surface area contributed by atoms with Gasteiger partial charge in [-0.25, -0.2) is 14.1 Å². The van der Waals surface area contributed by atoms with Gasteiger partial charge in [-0.05, 0) is 35.9 Å². The van der Waals surface area contributed by atoms with Gasteiger partial charge < -0.3 is 5.32 Å². The molecule has 7 heteroatoms. The van der Waals surface area contributed by atoms with Gasteiger partial charge in [-0.15, -0.1) is 0 Å². The molecule has 0 fully saturated rings. The summed E-state index contributed by atoms with van der Waals surface area (Å²) in [4.78, 5) is 28.1. The number of halogens is 1. The average Bonchev–Trinajstić information content (AvgIpc) is 2.59. The van der Waals surface area contributed by atoms with Crippen molar-refractivity contribution in [2.24, 2.45) is 0 Å². The standard InChI is InChI=1S/C17H13FN4O2/c18-13-6-4-12(5-7-13)11-22-16(23)9-8-14(21-22)17(24)20-15-3-1-2-10-19-15/h1-10H,11H2,(H,19,20,24). The Morgan fingerprint density at radius 3 is 2.58 bits per heavy atom. The third kappa shape index (κ3) is 3.70. The third-order valence-electron chi connectivity index (χ3n) is 3.25. The maximum Gasteiger partial charge on any atom is 0.277 e. The summed E-state index contributed by atoms with van der Waals surface area (Å²) in [5.41, 5.74) is 0.435. The lowest BCUT2D eigenvalue weighted by atomic mass is 10.2. The van der Waals surface area contributed by atoms with Crippen LogP contribution in [0.4, 0.5) is 10.2 Å². The Bertz CT molecular complexity index is 908. The fraction of sp³-hybridized carbons (Fsp3) is 0.0588. The van der Waals surface area contributed by atoms with E-state index in [2.05, 4.69) is 15.4 Å². The van der Waals surface area contributed by atoms with Gasteiger partial charge in [-0.2, -0.15) is 5.10 Å². The Morgan fingerprint density at radius 1 is 1.08 bits per heavy atom. The second-order valence-corrected chi connectivity index (χ2v) is 5.01. The number of nitrogens with one attached hydrogen (secondary N) is 1. The van der Waals surface area contributed by atoms with Crippen molar-refractivity contribution < 1.29 is 9.18 Å². The summed E-state index contributed by atoms with van der Waals surface area (Å²) in [6.07, 6.45) is 1.55. The maximum absolute atomic E-state index is 12.9. The topological polar surface area (TPSA) is 76.9 Å². The molecule has 2 aromatic heterocycles. The zero-order valence-electron chi connectivity index (χ0n) is 12.5. The van der Waals surface area contributed by atoms with Gasteiger partial charge >= 0.3 is 0 Å². The van der Waals surface area contributed by atoms with Crippen LogP contribution in [-0.2, 0) is 6.54 Å². The van der Waals surface area contributed by atoms with Crippen molar-refractivity contribution >= 4 is 11.7 Å². The van der Waals surface area contributed by atoms with Gasteiger partial charge in [0.15, 0.2) is 0 Å². The number of amides is 1. The first kappa shape index (κ1) is 15.5. The Morgan fingerprint density at radius 2 is 1.88 bits per heavy atom. The maximum atomic E-state index is 12.9. The van der Waals surface area contributed by atoms with Gasteiger partial charge in [0, 0.05) is 12.3 Å². The first-order valence-corrected chi connectivity index (χ1v) is 7.17. The Balaban J connectivity index is 1.81. The highest BCUT2D eigenvalue weighted by atomic mass is 19.1. The van der Waals surface area contributed by atoms with E-state index in [1.54, 1.807) is 36.5 Å². The van der Waals surface area contributed by atoms with Gasteiger partial charge in [-0.3, -0.25) is 9.59 Å². The number of pyridine rings is 1. The van der Waals surface area contributed by atoms with E-state index in [9.17, 15) is 14.0 Å². The van der Waals surface area contributed by atoms with Crippen molar-refractivity contribution in [3.63, 3.8) is 0 Å². The molecule has 0 unspecified atom stereocenters. The van der Waals surface area contributed by atoms with Crippen LogP contribution in [0, 0.1) is 5.82 Å². The molecule has 3 aromatic rings. The van der Waals surface area contributed by atoms with E-state index >= 15 is 0 Å². The van der Waals surface area contributed by atoms with Crippen molar-refractivity contribution in [1.82, 2.24) is 14.8 Å². The summed E-state index contributed by atoms with van der Waals surface area (Å²) in [5, 5.41) is 6.66. The summed E-state index contributed by atoms with van der Waals surface area (Å²) in [7, 11) is 0. The Labute approximate surface area is 136 Å². The summed E-state index contributed by atoms with van der Waals surface area (Å²) in [5.74, 6) is -0.440. The number of hydrogen-bond acceptors (Lipinski definition) is 4. The van der Waals surface area contributed by atoms with Crippen LogP contribution in [0.1, 0.15) is 16.1 Å². The number of carbonyl (C=O) groups excluding carboxylic acids is 1. The van der Waals surface area contributed by atoms with Crippen LogP contribution in [0.5, 0.6) is 0 Å². The quantitative estimate of drug-likeness (QED) is 0.797. The van der Waals surface area contributed by atoms with Gasteiger partial charge in [0.1, 0.15) is 17.3 Å². The molecule has 0 aliphatic rings. The molecule has 1 N–H and O–H groups in total. The number of anilines is 1. The van der Waals surface area contributed by atoms with Crippen LogP contribution in [-0.4, -0.2) is 20.7 Å². The molecule has 3 rings (SSSR count). The number of hydrogen-bond donors (Lipinski definition) is 1. The monoisotopic (exact) mass is 324 g/mol. The largest absolute Gasteiger partial charge is 0.305 e. The Kier molecular flexibility index (Phi) is 4.42. The molecule has 24 heavy (non-hydrogen) atoms. The predicted molar refractivity (Wildman–Crippen MR) is 86.2 cm³/mol. The molecule has 6 nitrogen and oxygen atoms in total. The SMILES string of the molecule is O=C(Nc1ccccn1)c1ccc(=O)n(Cc2ccc(F)cc2)n1. The van der Waals surface area contributed by atoms with Gasteiger partial charge in [0.2, 0.25) is 0 Å². The molecule has 2 heterocycles. The van der Waals surface area contributed by atoms with Gasteiger partial charge in [0.05, 0.1) is 6.54 Å².